The summed E-state index contributed by atoms with van der Waals surface area (Å²) in [5.74, 6) is 0.578. The molecule has 5 rings (SSSR count). The zero-order valence-corrected chi connectivity index (χ0v) is 22.3. The number of nitrogens with zero attached hydrogens (tertiary/aromatic N) is 3. The van der Waals surface area contributed by atoms with Crippen molar-refractivity contribution in [3.05, 3.63) is 95.1 Å². The molecule has 0 atom stereocenters. The standard InChI is InChI=1S/C30H32FN7O2/c1-37-26-12-7-21(18-25(26)36-27(37)13-4-19-2-5-20(6-3-19)28(32)33)29(39)38-16-14-24(15-17-38)35-30(40)34-23-10-8-22(31)9-11-23/h2-3,5-12,18,24H,4,13-17H2,1H3,(H3,32,33)(H2,34,35,40). The van der Waals surface area contributed by atoms with E-state index >= 15 is 0 Å². The van der Waals surface area contributed by atoms with Crippen LogP contribution >= 0.6 is 0 Å². The van der Waals surface area contributed by atoms with Gasteiger partial charge < -0.3 is 25.8 Å². The molecule has 0 radical (unpaired) electrons. The molecular weight excluding hydrogens is 509 g/mol. The number of nitrogens with one attached hydrogen (secondary N) is 3. The van der Waals surface area contributed by atoms with Crippen molar-refractivity contribution in [1.82, 2.24) is 19.8 Å². The van der Waals surface area contributed by atoms with E-state index in [4.69, 9.17) is 16.1 Å². The van der Waals surface area contributed by atoms with Crippen LogP contribution in [0.4, 0.5) is 14.9 Å². The maximum absolute atomic E-state index is 13.3. The molecule has 4 aromatic rings. The molecule has 1 aromatic heterocycles. The van der Waals surface area contributed by atoms with E-state index in [-0.39, 0.29) is 29.6 Å². The summed E-state index contributed by atoms with van der Waals surface area (Å²) in [5.41, 5.74) is 10.2. The predicted molar refractivity (Wildman–Crippen MR) is 153 cm³/mol. The van der Waals surface area contributed by atoms with Gasteiger partial charge in [-0.15, -0.1) is 0 Å². The lowest BCUT2D eigenvalue weighted by atomic mass is 10.0. The number of anilines is 1. The van der Waals surface area contributed by atoms with Crippen molar-refractivity contribution in [1.29, 1.82) is 5.41 Å². The number of hydrogen-bond acceptors (Lipinski definition) is 4. The quantitative estimate of drug-likeness (QED) is 0.206. The first-order valence-electron chi connectivity index (χ1n) is 13.3. The van der Waals surface area contributed by atoms with E-state index in [0.29, 0.717) is 42.7 Å². The number of imidazole rings is 1. The Bertz CT molecular complexity index is 1540. The average Bonchev–Trinajstić information content (AvgIpc) is 3.27. The second-order valence-corrected chi connectivity index (χ2v) is 10.1. The summed E-state index contributed by atoms with van der Waals surface area (Å²) in [5, 5.41) is 13.2. The molecule has 3 amide bonds. The van der Waals surface area contributed by atoms with Crippen molar-refractivity contribution >= 4 is 34.5 Å². The van der Waals surface area contributed by atoms with E-state index in [9.17, 15) is 14.0 Å². The fourth-order valence-electron chi connectivity index (χ4n) is 5.01. The molecule has 40 heavy (non-hydrogen) atoms. The summed E-state index contributed by atoms with van der Waals surface area (Å²) in [6.07, 6.45) is 2.83. The number of aryl methyl sites for hydroxylation is 3. The van der Waals surface area contributed by atoms with Crippen LogP contribution in [0.1, 0.15) is 40.2 Å². The highest BCUT2D eigenvalue weighted by Gasteiger charge is 2.25. The first kappa shape index (κ1) is 26.9. The topological polar surface area (TPSA) is 129 Å². The minimum absolute atomic E-state index is 0.0473. The minimum Gasteiger partial charge on any atom is -0.384 e. The van der Waals surface area contributed by atoms with Crippen LogP contribution in [0.5, 0.6) is 0 Å². The first-order valence-corrected chi connectivity index (χ1v) is 13.3. The van der Waals surface area contributed by atoms with Crippen molar-refractivity contribution in [2.24, 2.45) is 12.8 Å². The number of amidine groups is 1. The number of likely N-dealkylation sites (tertiary alicyclic amines) is 1. The number of carbonyl (C=O) groups excluding carboxylic acids is 2. The van der Waals surface area contributed by atoms with Gasteiger partial charge in [0.05, 0.1) is 11.0 Å². The highest BCUT2D eigenvalue weighted by atomic mass is 19.1. The van der Waals surface area contributed by atoms with E-state index in [1.807, 2.05) is 54.4 Å². The summed E-state index contributed by atoms with van der Waals surface area (Å²) in [6, 6.07) is 18.5. The highest BCUT2D eigenvalue weighted by Crippen LogP contribution is 2.21. The van der Waals surface area contributed by atoms with Crippen molar-refractivity contribution in [3.63, 3.8) is 0 Å². The van der Waals surface area contributed by atoms with Crippen LogP contribution in [0.15, 0.2) is 66.7 Å². The molecule has 206 valence electrons. The van der Waals surface area contributed by atoms with Gasteiger partial charge in [0.2, 0.25) is 0 Å². The van der Waals surface area contributed by atoms with Crippen LogP contribution in [-0.2, 0) is 19.9 Å². The average molecular weight is 542 g/mol. The summed E-state index contributed by atoms with van der Waals surface area (Å²) >= 11 is 0. The van der Waals surface area contributed by atoms with E-state index in [2.05, 4.69) is 15.2 Å². The normalized spacial score (nSPS) is 13.8. The Balaban J connectivity index is 1.16. The first-order chi connectivity index (χ1) is 19.3. The van der Waals surface area contributed by atoms with Crippen molar-refractivity contribution < 1.29 is 14.0 Å². The molecule has 2 heterocycles. The van der Waals surface area contributed by atoms with Crippen LogP contribution in [0, 0.1) is 11.2 Å². The maximum Gasteiger partial charge on any atom is 0.319 e. The SMILES string of the molecule is Cn1c(CCc2ccc(C(=N)N)cc2)nc2cc(C(=O)N3CCC(NC(=O)Nc4ccc(F)cc4)CC3)ccc21. The molecule has 9 nitrogen and oxygen atoms in total. The zero-order valence-electron chi connectivity index (χ0n) is 22.3. The van der Waals surface area contributed by atoms with Crippen molar-refractivity contribution in [2.45, 2.75) is 31.7 Å². The molecule has 3 aromatic carbocycles. The largest absolute Gasteiger partial charge is 0.384 e. The number of amides is 3. The van der Waals surface area contributed by atoms with Gasteiger partial charge in [0.1, 0.15) is 17.5 Å². The number of hydrogen-bond donors (Lipinski definition) is 4. The summed E-state index contributed by atoms with van der Waals surface area (Å²) in [7, 11) is 1.98. The third-order valence-electron chi connectivity index (χ3n) is 7.34. The fraction of sp³-hybridized carbons (Fsp3) is 0.267. The lowest BCUT2D eigenvalue weighted by Gasteiger charge is -2.32. The Morgan fingerprint density at radius 3 is 2.35 bits per heavy atom. The molecule has 1 fully saturated rings. The van der Waals surface area contributed by atoms with E-state index < -0.39 is 0 Å². The van der Waals surface area contributed by atoms with Gasteiger partial charge in [-0.2, -0.15) is 0 Å². The van der Waals surface area contributed by atoms with Gasteiger partial charge >= 0.3 is 6.03 Å². The molecule has 1 aliphatic rings. The van der Waals surface area contributed by atoms with Crippen LogP contribution < -0.4 is 16.4 Å². The number of urea groups is 1. The second-order valence-electron chi connectivity index (χ2n) is 10.1. The Morgan fingerprint density at radius 1 is 1.00 bits per heavy atom. The van der Waals surface area contributed by atoms with Gasteiger partial charge in [0.15, 0.2) is 0 Å². The van der Waals surface area contributed by atoms with Gasteiger partial charge in [0, 0.05) is 49.4 Å². The third-order valence-corrected chi connectivity index (χ3v) is 7.34. The number of fused-ring (bicyclic) bond motifs is 1. The molecule has 1 saturated heterocycles. The van der Waals surface area contributed by atoms with Gasteiger partial charge in [-0.05, 0) is 67.3 Å². The van der Waals surface area contributed by atoms with E-state index in [1.54, 1.807) is 0 Å². The van der Waals surface area contributed by atoms with Gasteiger partial charge in [-0.25, -0.2) is 14.2 Å². The van der Waals surface area contributed by atoms with E-state index in [1.165, 1.54) is 24.3 Å². The number of rotatable bonds is 7. The summed E-state index contributed by atoms with van der Waals surface area (Å²) in [6.45, 7) is 1.07. The van der Waals surface area contributed by atoms with Gasteiger partial charge in [-0.1, -0.05) is 24.3 Å². The summed E-state index contributed by atoms with van der Waals surface area (Å²) in [4.78, 5) is 32.2. The molecular formula is C30H32FN7O2. The molecule has 0 saturated carbocycles. The predicted octanol–water partition coefficient (Wildman–Crippen LogP) is 4.21. The van der Waals surface area contributed by atoms with Crippen LogP contribution in [0.25, 0.3) is 11.0 Å². The number of carbonyl (C=O) groups is 2. The van der Waals surface area contributed by atoms with Crippen LogP contribution in [0.2, 0.25) is 0 Å². The number of nitrogen functional groups attached to an aromatic ring is 1. The van der Waals surface area contributed by atoms with Crippen LogP contribution in [0.3, 0.4) is 0 Å². The fourth-order valence-corrected chi connectivity index (χ4v) is 5.01. The Morgan fingerprint density at radius 2 is 1.68 bits per heavy atom. The highest BCUT2D eigenvalue weighted by molar-refractivity contribution is 5.97. The molecule has 1 aliphatic heterocycles. The van der Waals surface area contributed by atoms with Crippen LogP contribution in [-0.4, -0.2) is 51.4 Å². The molecule has 0 unspecified atom stereocenters. The number of aromatic nitrogens is 2. The second kappa shape index (κ2) is 11.6. The Kier molecular flexibility index (Phi) is 7.77. The number of piperidine rings is 1. The molecule has 10 heteroatoms. The number of benzene rings is 3. The molecule has 0 spiro atoms. The number of nitrogens with two attached hydrogens (primary N) is 1. The zero-order chi connectivity index (χ0) is 28.2. The third kappa shape index (κ3) is 6.12. The van der Waals surface area contributed by atoms with Gasteiger partial charge in [-0.3, -0.25) is 10.2 Å². The summed E-state index contributed by atoms with van der Waals surface area (Å²) < 4.78 is 15.1. The lowest BCUT2D eigenvalue weighted by Crippen LogP contribution is -2.47. The Labute approximate surface area is 231 Å². The Hall–Kier alpha value is -4.73. The smallest absolute Gasteiger partial charge is 0.319 e. The lowest BCUT2D eigenvalue weighted by molar-refractivity contribution is 0.0709. The maximum atomic E-state index is 13.3. The number of halogens is 1. The molecule has 0 aliphatic carbocycles. The minimum atomic E-state index is -0.362. The van der Waals surface area contributed by atoms with Crippen molar-refractivity contribution in [3.8, 4) is 0 Å². The monoisotopic (exact) mass is 541 g/mol. The van der Waals surface area contributed by atoms with Gasteiger partial charge in [0.25, 0.3) is 5.91 Å². The molecule has 5 N–H and O–H groups in total. The molecule has 0 bridgehead atoms. The van der Waals surface area contributed by atoms with Crippen molar-refractivity contribution in [2.75, 3.05) is 18.4 Å². The van der Waals surface area contributed by atoms with E-state index in [0.717, 1.165) is 35.3 Å².